The number of nitrogens with one attached hydrogen (secondary N) is 1. The molecule has 0 unspecified atom stereocenters. The normalized spacial score (nSPS) is 9.95. The lowest BCUT2D eigenvalue weighted by Crippen LogP contribution is -2.13. The van der Waals surface area contributed by atoms with Gasteiger partial charge in [0.2, 0.25) is 0 Å². The number of carbonyl (C=O) groups is 1. The lowest BCUT2D eigenvalue weighted by atomic mass is 10.2. The number of nitro groups is 1. The predicted molar refractivity (Wildman–Crippen MR) is 75.7 cm³/mol. The average molecular weight is 288 g/mol. The fourth-order valence-electron chi connectivity index (χ4n) is 1.76. The van der Waals surface area contributed by atoms with E-state index in [0.29, 0.717) is 5.75 Å². The molecule has 108 valence electrons. The number of phenols is 1. The van der Waals surface area contributed by atoms with Gasteiger partial charge in [0.15, 0.2) is 5.69 Å². The van der Waals surface area contributed by atoms with Crippen LogP contribution in [0.2, 0.25) is 0 Å². The van der Waals surface area contributed by atoms with Crippen LogP contribution in [-0.2, 0) is 0 Å². The first-order chi connectivity index (χ1) is 10.0. The fraction of sp³-hybridized carbons (Fsp3) is 0.0714. The lowest BCUT2D eigenvalue weighted by Gasteiger charge is -2.08. The molecule has 7 heteroatoms. The number of carbonyl (C=O) groups excluding carboxylic acids is 1. The van der Waals surface area contributed by atoms with Crippen molar-refractivity contribution in [3.8, 4) is 11.5 Å². The molecule has 2 N–H and O–H groups in total. The van der Waals surface area contributed by atoms with Gasteiger partial charge in [0.1, 0.15) is 11.5 Å². The zero-order valence-electron chi connectivity index (χ0n) is 11.1. The summed E-state index contributed by atoms with van der Waals surface area (Å²) in [4.78, 5) is 22.3. The molecule has 1 amide bonds. The minimum absolute atomic E-state index is 0.240. The highest BCUT2D eigenvalue weighted by Crippen LogP contribution is 2.33. The SMILES string of the molecule is COc1cccc(C(=O)Nc2c(O)cccc2[N+](=O)[O-])c1. The summed E-state index contributed by atoms with van der Waals surface area (Å²) in [5.74, 6) is -0.478. The first-order valence-electron chi connectivity index (χ1n) is 5.94. The highest BCUT2D eigenvalue weighted by Gasteiger charge is 2.20. The molecule has 0 bridgehead atoms. The Hall–Kier alpha value is -3.09. The number of aromatic hydroxyl groups is 1. The molecule has 2 rings (SSSR count). The minimum Gasteiger partial charge on any atom is -0.505 e. The molecule has 2 aromatic carbocycles. The summed E-state index contributed by atoms with van der Waals surface area (Å²) in [6.07, 6.45) is 0. The summed E-state index contributed by atoms with van der Waals surface area (Å²) < 4.78 is 5.00. The van der Waals surface area contributed by atoms with Crippen molar-refractivity contribution in [1.29, 1.82) is 0 Å². The quantitative estimate of drug-likeness (QED) is 0.511. The third-order valence-corrected chi connectivity index (χ3v) is 2.79. The van der Waals surface area contributed by atoms with Gasteiger partial charge in [-0.1, -0.05) is 12.1 Å². The number of benzene rings is 2. The van der Waals surface area contributed by atoms with Gasteiger partial charge < -0.3 is 15.2 Å². The zero-order chi connectivity index (χ0) is 15.4. The van der Waals surface area contributed by atoms with Gasteiger partial charge in [-0.25, -0.2) is 0 Å². The molecular formula is C14H12N2O5. The summed E-state index contributed by atoms with van der Waals surface area (Å²) in [5.41, 5.74) is -0.367. The molecule has 0 aliphatic carbocycles. The van der Waals surface area contributed by atoms with Gasteiger partial charge in [0.25, 0.3) is 11.6 Å². The van der Waals surface area contributed by atoms with E-state index in [0.717, 1.165) is 0 Å². The van der Waals surface area contributed by atoms with E-state index in [1.54, 1.807) is 12.1 Å². The van der Waals surface area contributed by atoms with Crippen LogP contribution in [0.1, 0.15) is 10.4 Å². The van der Waals surface area contributed by atoms with Crippen LogP contribution in [0.25, 0.3) is 0 Å². The second-order valence-electron chi connectivity index (χ2n) is 4.11. The Labute approximate surface area is 119 Å². The molecule has 0 aliphatic heterocycles. The monoisotopic (exact) mass is 288 g/mol. The number of methoxy groups -OCH3 is 1. The highest BCUT2D eigenvalue weighted by molar-refractivity contribution is 6.06. The Bertz CT molecular complexity index is 700. The van der Waals surface area contributed by atoms with Crippen LogP contribution in [0, 0.1) is 10.1 Å². The maximum Gasteiger partial charge on any atom is 0.296 e. The second-order valence-corrected chi connectivity index (χ2v) is 4.11. The molecule has 0 aromatic heterocycles. The Balaban J connectivity index is 2.33. The first-order valence-corrected chi connectivity index (χ1v) is 5.94. The maximum absolute atomic E-state index is 12.1. The van der Waals surface area contributed by atoms with E-state index in [-0.39, 0.29) is 22.7 Å². The van der Waals surface area contributed by atoms with E-state index in [1.807, 2.05) is 0 Å². The topological polar surface area (TPSA) is 102 Å². The van der Waals surface area contributed by atoms with E-state index in [9.17, 15) is 20.0 Å². The van der Waals surface area contributed by atoms with Gasteiger partial charge >= 0.3 is 0 Å². The molecule has 0 saturated carbocycles. The van der Waals surface area contributed by atoms with Crippen LogP contribution in [0.3, 0.4) is 0 Å². The summed E-state index contributed by atoms with van der Waals surface area (Å²) in [6, 6.07) is 10.1. The van der Waals surface area contributed by atoms with E-state index in [2.05, 4.69) is 5.32 Å². The van der Waals surface area contributed by atoms with Crippen molar-refractivity contribution in [3.63, 3.8) is 0 Å². The smallest absolute Gasteiger partial charge is 0.296 e. The van der Waals surface area contributed by atoms with Crippen LogP contribution in [-0.4, -0.2) is 23.0 Å². The molecule has 0 saturated heterocycles. The zero-order valence-corrected chi connectivity index (χ0v) is 11.1. The van der Waals surface area contributed by atoms with Gasteiger partial charge in [-0.3, -0.25) is 14.9 Å². The van der Waals surface area contributed by atoms with Gasteiger partial charge in [-0.2, -0.15) is 0 Å². The molecule has 0 fully saturated rings. The number of ether oxygens (including phenoxy) is 1. The van der Waals surface area contributed by atoms with E-state index in [4.69, 9.17) is 4.74 Å². The van der Waals surface area contributed by atoms with Crippen molar-refractivity contribution in [1.82, 2.24) is 0 Å². The number of nitrogens with zero attached hydrogens (tertiary/aromatic N) is 1. The fourth-order valence-corrected chi connectivity index (χ4v) is 1.76. The molecule has 0 radical (unpaired) electrons. The van der Waals surface area contributed by atoms with Crippen molar-refractivity contribution >= 4 is 17.3 Å². The molecular weight excluding hydrogens is 276 g/mol. The number of nitro benzene ring substituents is 1. The first kappa shape index (κ1) is 14.3. The number of hydrogen-bond donors (Lipinski definition) is 2. The second kappa shape index (κ2) is 5.91. The van der Waals surface area contributed by atoms with Crippen molar-refractivity contribution < 1.29 is 19.6 Å². The average Bonchev–Trinajstić information content (AvgIpc) is 2.49. The number of para-hydroxylation sites is 1. The standard InChI is InChI=1S/C14H12N2O5/c1-21-10-5-2-4-9(8-10)14(18)15-13-11(16(19)20)6-3-7-12(13)17/h2-8,17H,1H3,(H,15,18). The Morgan fingerprint density at radius 3 is 2.67 bits per heavy atom. The summed E-state index contributed by atoms with van der Waals surface area (Å²) >= 11 is 0. The highest BCUT2D eigenvalue weighted by atomic mass is 16.6. The maximum atomic E-state index is 12.1. The largest absolute Gasteiger partial charge is 0.505 e. The van der Waals surface area contributed by atoms with Crippen molar-refractivity contribution in [3.05, 3.63) is 58.1 Å². The number of rotatable bonds is 4. The Morgan fingerprint density at radius 1 is 1.29 bits per heavy atom. The lowest BCUT2D eigenvalue weighted by molar-refractivity contribution is -0.384. The van der Waals surface area contributed by atoms with Crippen LogP contribution < -0.4 is 10.1 Å². The summed E-state index contributed by atoms with van der Waals surface area (Å²) in [7, 11) is 1.46. The molecule has 0 spiro atoms. The Kier molecular flexibility index (Phi) is 4.03. The van der Waals surface area contributed by atoms with Gasteiger partial charge in [-0.05, 0) is 24.3 Å². The number of hydrogen-bond acceptors (Lipinski definition) is 5. The number of phenolic OH excluding ortho intramolecular Hbond substituents is 1. The van der Waals surface area contributed by atoms with Gasteiger partial charge in [0, 0.05) is 11.6 Å². The van der Waals surface area contributed by atoms with E-state index < -0.39 is 10.8 Å². The third kappa shape index (κ3) is 3.08. The van der Waals surface area contributed by atoms with Gasteiger partial charge in [-0.15, -0.1) is 0 Å². The van der Waals surface area contributed by atoms with Crippen LogP contribution >= 0.6 is 0 Å². The molecule has 0 aliphatic rings. The molecule has 0 heterocycles. The summed E-state index contributed by atoms with van der Waals surface area (Å²) in [6.45, 7) is 0. The molecule has 7 nitrogen and oxygen atoms in total. The molecule has 0 atom stereocenters. The van der Waals surface area contributed by atoms with Crippen molar-refractivity contribution in [2.45, 2.75) is 0 Å². The van der Waals surface area contributed by atoms with Crippen molar-refractivity contribution in [2.75, 3.05) is 12.4 Å². The third-order valence-electron chi connectivity index (χ3n) is 2.79. The van der Waals surface area contributed by atoms with E-state index in [1.165, 1.54) is 37.4 Å². The van der Waals surface area contributed by atoms with Gasteiger partial charge in [0.05, 0.1) is 12.0 Å². The Morgan fingerprint density at radius 2 is 2.00 bits per heavy atom. The molecule has 2 aromatic rings. The summed E-state index contributed by atoms with van der Waals surface area (Å²) in [5, 5.41) is 23.0. The minimum atomic E-state index is -0.680. The predicted octanol–water partition coefficient (Wildman–Crippen LogP) is 2.56. The number of anilines is 1. The van der Waals surface area contributed by atoms with E-state index >= 15 is 0 Å². The van der Waals surface area contributed by atoms with Crippen molar-refractivity contribution in [2.24, 2.45) is 0 Å². The van der Waals surface area contributed by atoms with Crippen LogP contribution in [0.5, 0.6) is 11.5 Å². The number of amides is 1. The molecule has 21 heavy (non-hydrogen) atoms. The van der Waals surface area contributed by atoms with Crippen LogP contribution in [0.4, 0.5) is 11.4 Å². The van der Waals surface area contributed by atoms with Crippen LogP contribution in [0.15, 0.2) is 42.5 Å².